The number of nitrogens with zero attached hydrogens (tertiary/aromatic N) is 5. The van der Waals surface area contributed by atoms with Crippen LogP contribution in [-0.4, -0.2) is 355 Å². The number of aromatic amines is 1. The summed E-state index contributed by atoms with van der Waals surface area (Å²) in [6.45, 7) is 10.7. The Morgan fingerprint density at radius 3 is 0.923 bits per heavy atom. The second-order valence-electron chi connectivity index (χ2n) is 37.2. The molecule has 54 heteroatoms. The smallest absolute Gasteiger partial charge is 0.355 e. The molecule has 5 fully saturated rings. The standard InChI is InChI=1S/C21H24N6O4.C19H24N6O5.2C17H21FN6O4.C15H21N7O4/c1-2-14-16-20(26-18(22)25-16)21(29,30)15(10-27(20)19(23)24-14)31-17(28)13-9-5-7-11-6-3-4-8-12(11)13;1-3-12-14-18(24-16(20)23-14)19(28,29)13(8-25(18)17(21)22-12)30-15(27)11-6-4-10(5-7-11)9(2)26;1-2-10-12-16(23-14(19)22-12)17(26,27)11(7-24(16)15(20)21-10)28-13(25)8-3-5-9(18)6-4-8;1-2-10-12-16(23-14(19)22-12)17(26,27)11(7-24(16)15(20)21-10)28-13(25)8-5-3-4-6-9(8)18;1-2-7-10-14(21-12(16)20-10)15(24,25)9(6-22(14)13(17)19-7)26-11(23)8-4-3-5-18-8/h3-9,14-16,29-30H,2,10H2,1H3,(H5,22,23,24,25,26);4-7,12-14,28-29H,3,8H2,1-2H3,(H5,20,21,22,23,24);2*3-6,10-12,26-27H,2,7H2,1H3,(H5,19,20,21,22,23);3-5,7,9-10,24-25H,2,6H2,1H3,(H6,16,17,18,19,20,21,23)/p+10/t14-,15-,16-,20-;12-,13-,14-,18-;2*10-,11-,12-,16-;7-,9-,10-,14-/m00000/s1. The van der Waals surface area contributed by atoms with Crippen LogP contribution in [0.2, 0.25) is 0 Å². The summed E-state index contributed by atoms with van der Waals surface area (Å²) in [5.41, 5.74) is 53.8. The lowest BCUT2D eigenvalue weighted by atomic mass is 9.85. The Morgan fingerprint density at radius 1 is 0.343 bits per heavy atom. The molecule has 20 atom stereocenters. The number of Topliss-reactive ketones (excluding diaryl/α,β-unsaturated/α-hetero) is 1. The highest BCUT2D eigenvalue weighted by Crippen LogP contribution is 2.46. The van der Waals surface area contributed by atoms with Gasteiger partial charge in [0.2, 0.25) is 0 Å². The van der Waals surface area contributed by atoms with Gasteiger partial charge in [-0.1, -0.05) is 95.3 Å². The van der Waals surface area contributed by atoms with Crippen LogP contribution in [-0.2, 0) is 23.7 Å². The molecule has 0 amide bonds. The number of ether oxygens (including phenoxy) is 5. The Bertz CT molecular complexity index is 6470. The predicted molar refractivity (Wildman–Crippen MR) is 493 cm³/mol. The summed E-state index contributed by atoms with van der Waals surface area (Å²) in [6, 6.07) is 28.0. The fraction of sp³-hybridized carbons (Fsp3) is 0.461. The molecule has 6 aromatic rings. The molecule has 143 heavy (non-hydrogen) atoms. The second kappa shape index (κ2) is 36.1. The van der Waals surface area contributed by atoms with Crippen molar-refractivity contribution in [1.29, 1.82) is 0 Å². The largest absolute Gasteiger partial charge is 0.449 e. The first-order valence-electron chi connectivity index (χ1n) is 46.3. The molecule has 21 rings (SSSR count). The minimum absolute atomic E-state index is 0.0207. The number of hydrogen-bond acceptors (Lipinski definition) is 41. The van der Waals surface area contributed by atoms with Gasteiger partial charge in [-0.15, -0.1) is 0 Å². The number of nitrogens with two attached hydrogens (primary N) is 10. The van der Waals surface area contributed by atoms with Gasteiger partial charge < -0.3 is 79.7 Å². The van der Waals surface area contributed by atoms with Crippen molar-refractivity contribution in [2.45, 2.75) is 222 Å². The van der Waals surface area contributed by atoms with E-state index in [2.05, 4.69) is 83.1 Å². The first kappa shape index (κ1) is 99.4. The Morgan fingerprint density at radius 2 is 0.615 bits per heavy atom. The van der Waals surface area contributed by atoms with E-state index in [-0.39, 0.29) is 151 Å². The Labute approximate surface area is 811 Å². The van der Waals surface area contributed by atoms with E-state index in [4.69, 9.17) is 81.0 Å². The van der Waals surface area contributed by atoms with Gasteiger partial charge in [-0.3, -0.25) is 114 Å². The van der Waals surface area contributed by atoms with Gasteiger partial charge in [0.25, 0.3) is 28.9 Å². The van der Waals surface area contributed by atoms with Crippen LogP contribution in [0.25, 0.3) is 10.8 Å². The van der Waals surface area contributed by atoms with E-state index in [1.165, 1.54) is 75.2 Å². The summed E-state index contributed by atoms with van der Waals surface area (Å²) in [5, 5.41) is 143. The maximum Gasteiger partial charge on any atom is 0.355 e. The lowest BCUT2D eigenvalue weighted by Crippen LogP contribution is -2.91. The Balaban J connectivity index is 0.000000123. The third kappa shape index (κ3) is 15.4. The summed E-state index contributed by atoms with van der Waals surface area (Å²) in [5.74, 6) is -15.9. The molecule has 0 unspecified atom stereocenters. The summed E-state index contributed by atoms with van der Waals surface area (Å²) in [7, 11) is 0. The quantitative estimate of drug-likeness (QED) is 0.0141. The van der Waals surface area contributed by atoms with E-state index < -0.39 is 159 Å². The summed E-state index contributed by atoms with van der Waals surface area (Å²) < 4.78 is 61.8. The van der Waals surface area contributed by atoms with Gasteiger partial charge in [0.15, 0.2) is 66.5 Å². The lowest BCUT2D eigenvalue weighted by Gasteiger charge is -2.40. The van der Waals surface area contributed by atoms with Crippen LogP contribution < -0.4 is 135 Å². The van der Waals surface area contributed by atoms with Crippen molar-refractivity contribution >= 4 is 106 Å². The molecule has 5 spiro atoms. The maximum atomic E-state index is 13.9. The average molecular weight is 2000 g/mol. The van der Waals surface area contributed by atoms with E-state index in [9.17, 15) is 88.6 Å². The molecular weight excluding hydrogens is 1880 g/mol. The van der Waals surface area contributed by atoms with Crippen molar-refractivity contribution in [3.05, 3.63) is 179 Å². The Hall–Kier alpha value is -15.2. The summed E-state index contributed by atoms with van der Waals surface area (Å²) >= 11 is 0. The van der Waals surface area contributed by atoms with Gasteiger partial charge in [-0.2, -0.15) is 0 Å². The number of hydrogen-bond donors (Lipinski definition) is 36. The number of aliphatic hydroxyl groups is 10. The van der Waals surface area contributed by atoms with Crippen molar-refractivity contribution in [2.75, 3.05) is 32.7 Å². The fourth-order valence-electron chi connectivity index (χ4n) is 22.5. The molecule has 0 bridgehead atoms. The van der Waals surface area contributed by atoms with Crippen LogP contribution in [0.3, 0.4) is 0 Å². The van der Waals surface area contributed by atoms with Crippen molar-refractivity contribution < 1.29 is 160 Å². The highest BCUT2D eigenvalue weighted by molar-refractivity contribution is 6.05. The number of guanidine groups is 10. The molecule has 15 aliphatic heterocycles. The number of ketones is 1. The number of esters is 5. The first-order chi connectivity index (χ1) is 67.6. The first-order valence-corrected chi connectivity index (χ1v) is 46.3. The monoisotopic (exact) mass is 2000 g/mol. The highest BCUT2D eigenvalue weighted by Gasteiger charge is 2.84. The van der Waals surface area contributed by atoms with E-state index in [1.807, 2.05) is 65.0 Å². The van der Waals surface area contributed by atoms with Gasteiger partial charge >= 0.3 is 118 Å². The van der Waals surface area contributed by atoms with Crippen molar-refractivity contribution in [1.82, 2.24) is 58.2 Å². The van der Waals surface area contributed by atoms with Crippen LogP contribution in [0.5, 0.6) is 0 Å². The van der Waals surface area contributed by atoms with Gasteiger partial charge in [-0.05, 0) is 117 Å². The van der Waals surface area contributed by atoms with Gasteiger partial charge in [0.05, 0.1) is 22.3 Å². The van der Waals surface area contributed by atoms with Crippen LogP contribution in [0.1, 0.15) is 136 Å². The van der Waals surface area contributed by atoms with E-state index in [0.717, 1.165) is 29.0 Å². The number of carbonyl (C=O) groups excluding carboxylic acids is 6. The minimum Gasteiger partial charge on any atom is -0.449 e. The number of nitrogens with one attached hydrogen (secondary N) is 16. The molecule has 16 heterocycles. The molecule has 0 radical (unpaired) electrons. The third-order valence-electron chi connectivity index (χ3n) is 29.5. The Kier molecular flexibility index (Phi) is 25.1. The topological polar surface area (TPSA) is 832 Å². The molecule has 762 valence electrons. The number of rotatable bonds is 16. The molecule has 1 aromatic heterocycles. The number of aromatic nitrogens is 1. The van der Waals surface area contributed by atoms with Gasteiger partial charge in [-0.25, -0.2) is 82.2 Å². The normalized spacial score (nSPS) is 32.3. The molecule has 5 saturated heterocycles. The maximum absolute atomic E-state index is 13.9. The van der Waals surface area contributed by atoms with E-state index in [0.29, 0.717) is 43.2 Å². The fourth-order valence-corrected chi connectivity index (χ4v) is 22.5. The zero-order valence-corrected chi connectivity index (χ0v) is 78.2. The third-order valence-corrected chi connectivity index (χ3v) is 29.5. The second-order valence-corrected chi connectivity index (χ2v) is 37.2. The van der Waals surface area contributed by atoms with E-state index in [1.54, 1.807) is 39.6 Å². The molecule has 46 N–H and O–H groups in total. The minimum atomic E-state index is -2.58. The zero-order valence-electron chi connectivity index (χ0n) is 78.2. The van der Waals surface area contributed by atoms with Crippen LogP contribution in [0.15, 0.2) is 134 Å². The van der Waals surface area contributed by atoms with Crippen LogP contribution in [0, 0.1) is 11.6 Å². The number of fused-ring (bicyclic) bond motifs is 1. The predicted octanol–water partition coefficient (Wildman–Crippen LogP) is -20.6. The summed E-state index contributed by atoms with van der Waals surface area (Å²) in [6.07, 6.45) is -1.86. The van der Waals surface area contributed by atoms with Crippen molar-refractivity contribution in [3.63, 3.8) is 0 Å². The van der Waals surface area contributed by atoms with Crippen molar-refractivity contribution in [2.24, 2.45) is 57.3 Å². The average Bonchev–Trinajstić information content (AvgIpc) is 1.54. The molecule has 15 aliphatic rings. The number of H-pyrrole nitrogens is 1. The van der Waals surface area contributed by atoms with Gasteiger partial charge in [0.1, 0.15) is 80.3 Å². The van der Waals surface area contributed by atoms with Crippen LogP contribution in [0.4, 0.5) is 8.78 Å². The highest BCUT2D eigenvalue weighted by atomic mass is 19.1. The summed E-state index contributed by atoms with van der Waals surface area (Å²) in [4.78, 5) is 92.3. The van der Waals surface area contributed by atoms with Crippen LogP contribution >= 0.6 is 0 Å². The molecule has 5 aromatic carbocycles. The molecular formula is C89H121F2N31O21+10. The molecule has 52 nitrogen and oxygen atoms in total. The number of halogens is 2. The van der Waals surface area contributed by atoms with E-state index >= 15 is 0 Å². The van der Waals surface area contributed by atoms with Gasteiger partial charge in [0, 0.05) is 11.8 Å². The zero-order chi connectivity index (χ0) is 103. The van der Waals surface area contributed by atoms with Crippen molar-refractivity contribution in [3.8, 4) is 0 Å². The number of carbonyl (C=O) groups is 6. The number of benzene rings is 5. The SMILES string of the molecule is CC[C@@H]1NC(N)=[N+]2C[C@H](OC(=O)c3ccc(C(C)=O)cc3)C(O)(O)[C@@]23NC(N)=[NH+][C@@H]13.CC[C@@H]1NC(N)=[N+]2C[C@H](OC(=O)c3ccc(F)cc3)C(O)(O)[C@@]23NC(N)=[NH+][C@@H]13.CC[C@@H]1NC(N)=[N+]2C[C@H](OC(=O)c3ccc[nH]3)C(O)(O)[C@@]23NC(N)=[NH+][C@@H]13.CC[C@@H]1NC(N)=[N+]2C[C@H](OC(=O)c3cccc4ccccc34)C(O)(O)[C@@]23NC(N)=[NH+][C@@H]13.CC[C@@H]1NC(N)=[N+]2C[C@H](OC(=O)c3ccccc3F)C(O)(O)[C@@]23NC(N)=[NH+][C@@H]13. The molecule has 0 aliphatic carbocycles. The lowest BCUT2D eigenvalue weighted by molar-refractivity contribution is -0.674. The molecule has 0 saturated carbocycles.